The van der Waals surface area contributed by atoms with Crippen LogP contribution in [0.2, 0.25) is 0 Å². The molecule has 0 radical (unpaired) electrons. The molecule has 0 unspecified atom stereocenters. The van der Waals surface area contributed by atoms with Crippen molar-refractivity contribution in [3.05, 3.63) is 65.9 Å². The standard InChI is InChI=1S/C20H22N2O2/c1-22-14-16(18-8-3-4-9-19(18)22)10-11-21-20(23)13-15-6-5-7-17(12-15)24-2/h3-9,12,14H,10-11,13H2,1-2H3,(H,21,23). The van der Waals surface area contributed by atoms with Crippen molar-refractivity contribution < 1.29 is 9.53 Å². The summed E-state index contributed by atoms with van der Waals surface area (Å²) < 4.78 is 7.31. The van der Waals surface area contributed by atoms with Crippen molar-refractivity contribution in [1.29, 1.82) is 0 Å². The summed E-state index contributed by atoms with van der Waals surface area (Å²) in [5.41, 5.74) is 3.43. The van der Waals surface area contributed by atoms with E-state index in [4.69, 9.17) is 4.74 Å². The lowest BCUT2D eigenvalue weighted by atomic mass is 10.1. The molecule has 124 valence electrons. The topological polar surface area (TPSA) is 43.3 Å². The lowest BCUT2D eigenvalue weighted by molar-refractivity contribution is -0.120. The third-order valence-electron chi connectivity index (χ3n) is 4.19. The van der Waals surface area contributed by atoms with Gasteiger partial charge in [-0.2, -0.15) is 0 Å². The Morgan fingerprint density at radius 1 is 1.17 bits per heavy atom. The number of aryl methyl sites for hydroxylation is 1. The number of ether oxygens (including phenoxy) is 1. The summed E-state index contributed by atoms with van der Waals surface area (Å²) in [5, 5.41) is 4.25. The monoisotopic (exact) mass is 322 g/mol. The molecule has 0 aliphatic heterocycles. The van der Waals surface area contributed by atoms with Gasteiger partial charge in [-0.3, -0.25) is 4.79 Å². The highest BCUT2D eigenvalue weighted by Gasteiger charge is 2.07. The number of hydrogen-bond acceptors (Lipinski definition) is 2. The van der Waals surface area contributed by atoms with Gasteiger partial charge in [-0.15, -0.1) is 0 Å². The Morgan fingerprint density at radius 2 is 2.00 bits per heavy atom. The molecule has 4 heteroatoms. The Kier molecular flexibility index (Phi) is 4.85. The van der Waals surface area contributed by atoms with Gasteiger partial charge in [-0.05, 0) is 35.7 Å². The summed E-state index contributed by atoms with van der Waals surface area (Å²) in [4.78, 5) is 12.1. The summed E-state index contributed by atoms with van der Waals surface area (Å²) in [6.45, 7) is 0.636. The Hall–Kier alpha value is -2.75. The number of carbonyl (C=O) groups excluding carboxylic acids is 1. The minimum Gasteiger partial charge on any atom is -0.497 e. The summed E-state index contributed by atoms with van der Waals surface area (Å²) in [7, 11) is 3.68. The van der Waals surface area contributed by atoms with Gasteiger partial charge in [0.05, 0.1) is 13.5 Å². The Balaban J connectivity index is 1.56. The first kappa shape index (κ1) is 16.1. The smallest absolute Gasteiger partial charge is 0.224 e. The molecule has 0 spiro atoms. The van der Waals surface area contributed by atoms with Gasteiger partial charge in [0.2, 0.25) is 5.91 Å². The average molecular weight is 322 g/mol. The van der Waals surface area contributed by atoms with Crippen LogP contribution in [0.15, 0.2) is 54.7 Å². The zero-order chi connectivity index (χ0) is 16.9. The van der Waals surface area contributed by atoms with Crippen LogP contribution in [0.5, 0.6) is 5.75 Å². The van der Waals surface area contributed by atoms with Crippen LogP contribution in [0.1, 0.15) is 11.1 Å². The Labute approximate surface area is 142 Å². The van der Waals surface area contributed by atoms with Gasteiger partial charge in [0, 0.05) is 30.7 Å². The van der Waals surface area contributed by atoms with E-state index in [1.165, 1.54) is 16.5 Å². The molecule has 0 atom stereocenters. The minimum atomic E-state index is 0.0310. The number of methoxy groups -OCH3 is 1. The van der Waals surface area contributed by atoms with Gasteiger partial charge in [-0.25, -0.2) is 0 Å². The van der Waals surface area contributed by atoms with Crippen molar-refractivity contribution in [2.45, 2.75) is 12.8 Å². The van der Waals surface area contributed by atoms with Crippen molar-refractivity contribution in [3.8, 4) is 5.75 Å². The van der Waals surface area contributed by atoms with E-state index >= 15 is 0 Å². The van der Waals surface area contributed by atoms with Crippen LogP contribution in [0.3, 0.4) is 0 Å². The van der Waals surface area contributed by atoms with Gasteiger partial charge in [0.1, 0.15) is 5.75 Å². The number of para-hydroxylation sites is 1. The van der Waals surface area contributed by atoms with Crippen molar-refractivity contribution in [3.63, 3.8) is 0 Å². The minimum absolute atomic E-state index is 0.0310. The van der Waals surface area contributed by atoms with E-state index in [1.54, 1.807) is 7.11 Å². The maximum atomic E-state index is 12.1. The molecule has 1 amide bonds. The van der Waals surface area contributed by atoms with Crippen molar-refractivity contribution in [1.82, 2.24) is 9.88 Å². The summed E-state index contributed by atoms with van der Waals surface area (Å²) >= 11 is 0. The molecule has 0 bridgehead atoms. The summed E-state index contributed by atoms with van der Waals surface area (Å²) in [6, 6.07) is 15.9. The summed E-state index contributed by atoms with van der Waals surface area (Å²) in [5.74, 6) is 0.805. The highest BCUT2D eigenvalue weighted by Crippen LogP contribution is 2.20. The number of aromatic nitrogens is 1. The van der Waals surface area contributed by atoms with Crippen molar-refractivity contribution >= 4 is 16.8 Å². The number of fused-ring (bicyclic) bond motifs is 1. The van der Waals surface area contributed by atoms with Gasteiger partial charge < -0.3 is 14.6 Å². The van der Waals surface area contributed by atoms with Crippen LogP contribution in [0.4, 0.5) is 0 Å². The zero-order valence-corrected chi connectivity index (χ0v) is 14.1. The maximum Gasteiger partial charge on any atom is 0.224 e. The quantitative estimate of drug-likeness (QED) is 0.758. The van der Waals surface area contributed by atoms with Gasteiger partial charge in [0.15, 0.2) is 0 Å². The molecule has 0 aliphatic rings. The van der Waals surface area contributed by atoms with E-state index in [-0.39, 0.29) is 5.91 Å². The first-order chi connectivity index (χ1) is 11.7. The predicted octanol–water partition coefficient (Wildman–Crippen LogP) is 3.09. The molecule has 3 aromatic rings. The molecule has 0 saturated heterocycles. The van der Waals surface area contributed by atoms with E-state index in [1.807, 2.05) is 43.4 Å². The maximum absolute atomic E-state index is 12.1. The van der Waals surface area contributed by atoms with Gasteiger partial charge >= 0.3 is 0 Å². The number of nitrogens with zero attached hydrogens (tertiary/aromatic N) is 1. The number of amides is 1. The summed E-state index contributed by atoms with van der Waals surface area (Å²) in [6.07, 6.45) is 3.33. The fourth-order valence-corrected chi connectivity index (χ4v) is 2.99. The average Bonchev–Trinajstić information content (AvgIpc) is 2.92. The third-order valence-corrected chi connectivity index (χ3v) is 4.19. The largest absolute Gasteiger partial charge is 0.497 e. The number of hydrogen-bond donors (Lipinski definition) is 1. The SMILES string of the molecule is COc1cccc(CC(=O)NCCc2cn(C)c3ccccc23)c1. The highest BCUT2D eigenvalue weighted by atomic mass is 16.5. The van der Waals surface area contributed by atoms with E-state index < -0.39 is 0 Å². The van der Waals surface area contributed by atoms with Crippen LogP contribution in [0.25, 0.3) is 10.9 Å². The zero-order valence-electron chi connectivity index (χ0n) is 14.1. The molecule has 1 N–H and O–H groups in total. The van der Waals surface area contributed by atoms with E-state index in [9.17, 15) is 4.79 Å². The first-order valence-electron chi connectivity index (χ1n) is 8.10. The second-order valence-electron chi connectivity index (χ2n) is 5.91. The normalized spacial score (nSPS) is 10.8. The second kappa shape index (κ2) is 7.21. The van der Waals surface area contributed by atoms with E-state index in [0.29, 0.717) is 13.0 Å². The molecule has 0 aliphatic carbocycles. The lowest BCUT2D eigenvalue weighted by Crippen LogP contribution is -2.27. The first-order valence-corrected chi connectivity index (χ1v) is 8.10. The fourth-order valence-electron chi connectivity index (χ4n) is 2.99. The number of benzene rings is 2. The predicted molar refractivity (Wildman–Crippen MR) is 96.3 cm³/mol. The van der Waals surface area contributed by atoms with Crippen LogP contribution in [-0.2, 0) is 24.7 Å². The highest BCUT2D eigenvalue weighted by molar-refractivity contribution is 5.84. The molecular formula is C20H22N2O2. The van der Waals surface area contributed by atoms with Crippen LogP contribution in [0, 0.1) is 0 Å². The Bertz CT molecular complexity index is 852. The lowest BCUT2D eigenvalue weighted by Gasteiger charge is -2.06. The van der Waals surface area contributed by atoms with Crippen LogP contribution < -0.4 is 10.1 Å². The molecule has 0 saturated carbocycles. The second-order valence-corrected chi connectivity index (χ2v) is 5.91. The van der Waals surface area contributed by atoms with Crippen LogP contribution >= 0.6 is 0 Å². The molecule has 4 nitrogen and oxygen atoms in total. The van der Waals surface area contributed by atoms with Crippen molar-refractivity contribution in [2.24, 2.45) is 7.05 Å². The van der Waals surface area contributed by atoms with Gasteiger partial charge in [-0.1, -0.05) is 30.3 Å². The molecule has 0 fully saturated rings. The number of carbonyl (C=O) groups is 1. The van der Waals surface area contributed by atoms with Crippen molar-refractivity contribution in [2.75, 3.05) is 13.7 Å². The molecule has 3 rings (SSSR count). The molecule has 24 heavy (non-hydrogen) atoms. The van der Waals surface area contributed by atoms with Crippen LogP contribution in [-0.4, -0.2) is 24.1 Å². The van der Waals surface area contributed by atoms with E-state index in [0.717, 1.165) is 17.7 Å². The number of nitrogens with one attached hydrogen (secondary N) is 1. The van der Waals surface area contributed by atoms with E-state index in [2.05, 4.69) is 28.2 Å². The Morgan fingerprint density at radius 3 is 2.83 bits per heavy atom. The fraction of sp³-hybridized carbons (Fsp3) is 0.250. The van der Waals surface area contributed by atoms with Gasteiger partial charge in [0.25, 0.3) is 0 Å². The molecule has 1 aromatic heterocycles. The third kappa shape index (κ3) is 3.59. The molecule has 2 aromatic carbocycles. The molecular weight excluding hydrogens is 300 g/mol. The molecule has 1 heterocycles. The number of rotatable bonds is 6.